The Labute approximate surface area is 187 Å². The number of hydrogen-bond donors (Lipinski definition) is 2. The molecule has 0 aliphatic carbocycles. The Balaban J connectivity index is 1.11. The largest absolute Gasteiger partial charge is 0.497 e. The highest BCUT2D eigenvalue weighted by Gasteiger charge is 2.27. The van der Waals surface area contributed by atoms with E-state index in [0.29, 0.717) is 32.0 Å². The number of aromatic nitrogens is 2. The van der Waals surface area contributed by atoms with Crippen LogP contribution in [0, 0.1) is 0 Å². The van der Waals surface area contributed by atoms with Gasteiger partial charge in [0.15, 0.2) is 0 Å². The average Bonchev–Trinajstić information content (AvgIpc) is 3.39. The Kier molecular flexibility index (Phi) is 6.89. The molecule has 2 heterocycles. The predicted octanol–water partition coefficient (Wildman–Crippen LogP) is 3.45. The van der Waals surface area contributed by atoms with Crippen molar-refractivity contribution >= 4 is 28.9 Å². The molecule has 3 aromatic rings. The molecule has 0 radical (unpaired) electrons. The Morgan fingerprint density at radius 1 is 1.00 bits per heavy atom. The number of benzene rings is 2. The molecule has 2 aromatic carbocycles. The van der Waals surface area contributed by atoms with E-state index in [4.69, 9.17) is 4.74 Å². The molecule has 0 unspecified atom stereocenters. The monoisotopic (exact) mass is 435 g/mol. The van der Waals surface area contributed by atoms with Crippen molar-refractivity contribution in [1.82, 2.24) is 20.2 Å². The van der Waals surface area contributed by atoms with Crippen LogP contribution in [0.4, 0.5) is 10.7 Å². The molecule has 1 aliphatic heterocycles. The Morgan fingerprint density at radius 2 is 1.81 bits per heavy atom. The van der Waals surface area contributed by atoms with E-state index in [1.54, 1.807) is 12.0 Å². The molecule has 0 saturated carbocycles. The summed E-state index contributed by atoms with van der Waals surface area (Å²) in [6, 6.07) is 15.5. The van der Waals surface area contributed by atoms with E-state index in [9.17, 15) is 9.59 Å². The zero-order chi connectivity index (χ0) is 22.3. The predicted molar refractivity (Wildman–Crippen MR) is 124 cm³/mol. The Bertz CT molecular complexity index is 1080. The van der Waals surface area contributed by atoms with Crippen LogP contribution in [0.25, 0.3) is 11.0 Å². The minimum Gasteiger partial charge on any atom is -0.497 e. The maximum absolute atomic E-state index is 12.6. The average molecular weight is 436 g/mol. The number of amides is 3. The van der Waals surface area contributed by atoms with Crippen LogP contribution >= 0.6 is 0 Å². The van der Waals surface area contributed by atoms with E-state index in [-0.39, 0.29) is 11.9 Å². The van der Waals surface area contributed by atoms with E-state index in [1.807, 2.05) is 48.5 Å². The van der Waals surface area contributed by atoms with E-state index in [2.05, 4.69) is 20.2 Å². The van der Waals surface area contributed by atoms with Crippen LogP contribution in [0.5, 0.6) is 5.75 Å². The number of para-hydroxylation sites is 2. The van der Waals surface area contributed by atoms with Crippen LogP contribution in [-0.2, 0) is 17.9 Å². The molecular formula is C24H29N5O3. The van der Waals surface area contributed by atoms with Crippen LogP contribution in [-0.4, -0.2) is 41.7 Å². The second kappa shape index (κ2) is 10.2. The molecule has 0 spiro atoms. The summed E-state index contributed by atoms with van der Waals surface area (Å²) in [4.78, 5) is 30.9. The first-order valence-electron chi connectivity index (χ1n) is 11.1. The maximum Gasteiger partial charge on any atom is 0.324 e. The van der Waals surface area contributed by atoms with Gasteiger partial charge in [0.1, 0.15) is 5.75 Å². The molecule has 0 bridgehead atoms. The second-order valence-corrected chi connectivity index (χ2v) is 7.87. The van der Waals surface area contributed by atoms with Gasteiger partial charge >= 0.3 is 6.03 Å². The van der Waals surface area contributed by atoms with Crippen molar-refractivity contribution in [2.75, 3.05) is 25.1 Å². The SMILES string of the molecule is COc1ccc(CNC(=O)CCCCCNC(=O)N2CCn3c2nc2ccccc23)cc1. The van der Waals surface area contributed by atoms with E-state index in [0.717, 1.165) is 48.2 Å². The first kappa shape index (κ1) is 21.7. The zero-order valence-corrected chi connectivity index (χ0v) is 18.3. The van der Waals surface area contributed by atoms with Gasteiger partial charge in [0, 0.05) is 32.6 Å². The van der Waals surface area contributed by atoms with Crippen molar-refractivity contribution in [3.05, 3.63) is 54.1 Å². The fourth-order valence-corrected chi connectivity index (χ4v) is 3.89. The van der Waals surface area contributed by atoms with Crippen LogP contribution in [0.3, 0.4) is 0 Å². The molecule has 168 valence electrons. The van der Waals surface area contributed by atoms with Gasteiger partial charge in [0.05, 0.1) is 18.1 Å². The summed E-state index contributed by atoms with van der Waals surface area (Å²) in [6.45, 7) is 2.49. The standard InChI is InChI=1S/C24H29N5O3/c1-32-19-12-10-18(11-13-19)17-26-22(30)9-3-2-6-14-25-24(31)29-16-15-28-21-8-5-4-7-20(21)27-23(28)29/h4-5,7-8,10-13H,2-3,6,9,14-17H2,1H3,(H,25,31)(H,26,30). The molecule has 1 aliphatic rings. The van der Waals surface area contributed by atoms with Gasteiger partial charge in [-0.15, -0.1) is 0 Å². The summed E-state index contributed by atoms with van der Waals surface area (Å²) in [5.41, 5.74) is 3.01. The molecule has 1 aromatic heterocycles. The maximum atomic E-state index is 12.6. The van der Waals surface area contributed by atoms with Crippen LogP contribution < -0.4 is 20.3 Å². The first-order valence-corrected chi connectivity index (χ1v) is 11.1. The third-order valence-corrected chi connectivity index (χ3v) is 5.67. The van der Waals surface area contributed by atoms with Gasteiger partial charge in [-0.05, 0) is 42.7 Å². The lowest BCUT2D eigenvalue weighted by Crippen LogP contribution is -2.39. The number of carbonyl (C=O) groups excluding carboxylic acids is 2. The van der Waals surface area contributed by atoms with Crippen LogP contribution in [0.1, 0.15) is 31.2 Å². The van der Waals surface area contributed by atoms with Gasteiger partial charge in [-0.3, -0.25) is 9.69 Å². The second-order valence-electron chi connectivity index (χ2n) is 7.87. The number of rotatable bonds is 9. The molecule has 4 rings (SSSR count). The summed E-state index contributed by atoms with van der Waals surface area (Å²) in [5.74, 6) is 1.55. The van der Waals surface area contributed by atoms with Crippen molar-refractivity contribution in [3.63, 3.8) is 0 Å². The number of carbonyl (C=O) groups is 2. The minimum atomic E-state index is -0.115. The Hall–Kier alpha value is -3.55. The molecule has 8 nitrogen and oxygen atoms in total. The van der Waals surface area contributed by atoms with Gasteiger partial charge in [-0.2, -0.15) is 0 Å². The van der Waals surface area contributed by atoms with Crippen molar-refractivity contribution in [1.29, 1.82) is 0 Å². The number of anilines is 1. The van der Waals surface area contributed by atoms with E-state index in [1.165, 1.54) is 0 Å². The summed E-state index contributed by atoms with van der Waals surface area (Å²) >= 11 is 0. The van der Waals surface area contributed by atoms with Crippen molar-refractivity contribution in [2.24, 2.45) is 0 Å². The summed E-state index contributed by atoms with van der Waals surface area (Å²) in [5, 5.41) is 5.91. The van der Waals surface area contributed by atoms with Gasteiger partial charge < -0.3 is 19.9 Å². The van der Waals surface area contributed by atoms with Gasteiger partial charge in [0.25, 0.3) is 0 Å². The smallest absolute Gasteiger partial charge is 0.324 e. The highest BCUT2D eigenvalue weighted by atomic mass is 16.5. The number of hydrogen-bond acceptors (Lipinski definition) is 4. The van der Waals surface area contributed by atoms with Gasteiger partial charge in [-0.25, -0.2) is 9.78 Å². The lowest BCUT2D eigenvalue weighted by molar-refractivity contribution is -0.121. The number of nitrogens with one attached hydrogen (secondary N) is 2. The Morgan fingerprint density at radius 3 is 2.62 bits per heavy atom. The molecule has 8 heteroatoms. The molecule has 0 saturated heterocycles. The molecular weight excluding hydrogens is 406 g/mol. The number of fused-ring (bicyclic) bond motifs is 3. The lowest BCUT2D eigenvalue weighted by Gasteiger charge is -2.15. The van der Waals surface area contributed by atoms with Gasteiger partial charge in [0.2, 0.25) is 11.9 Å². The number of nitrogens with zero attached hydrogens (tertiary/aromatic N) is 3. The van der Waals surface area contributed by atoms with Gasteiger partial charge in [-0.1, -0.05) is 30.7 Å². The molecule has 0 fully saturated rings. The normalized spacial score (nSPS) is 12.6. The number of imidazole rings is 1. The topological polar surface area (TPSA) is 88.5 Å². The lowest BCUT2D eigenvalue weighted by atomic mass is 10.1. The van der Waals surface area contributed by atoms with Crippen molar-refractivity contribution < 1.29 is 14.3 Å². The molecule has 0 atom stereocenters. The highest BCUT2D eigenvalue weighted by Crippen LogP contribution is 2.26. The van der Waals surface area contributed by atoms with E-state index >= 15 is 0 Å². The highest BCUT2D eigenvalue weighted by molar-refractivity contribution is 5.93. The summed E-state index contributed by atoms with van der Waals surface area (Å²) in [6.07, 6.45) is 3.00. The number of ether oxygens (including phenoxy) is 1. The van der Waals surface area contributed by atoms with Crippen molar-refractivity contribution in [2.45, 2.75) is 38.8 Å². The number of urea groups is 1. The van der Waals surface area contributed by atoms with E-state index < -0.39 is 0 Å². The third kappa shape index (κ3) is 5.01. The molecule has 3 amide bonds. The first-order chi connectivity index (χ1) is 15.7. The number of unbranched alkanes of at least 4 members (excludes halogenated alkanes) is 2. The quantitative estimate of drug-likeness (QED) is 0.504. The number of methoxy groups -OCH3 is 1. The zero-order valence-electron chi connectivity index (χ0n) is 18.3. The summed E-state index contributed by atoms with van der Waals surface area (Å²) < 4.78 is 7.21. The molecule has 32 heavy (non-hydrogen) atoms. The summed E-state index contributed by atoms with van der Waals surface area (Å²) in [7, 11) is 1.63. The van der Waals surface area contributed by atoms with Crippen LogP contribution in [0.15, 0.2) is 48.5 Å². The van der Waals surface area contributed by atoms with Crippen LogP contribution in [0.2, 0.25) is 0 Å². The minimum absolute atomic E-state index is 0.0424. The fourth-order valence-electron chi connectivity index (χ4n) is 3.89. The van der Waals surface area contributed by atoms with Crippen molar-refractivity contribution in [3.8, 4) is 5.75 Å². The third-order valence-electron chi connectivity index (χ3n) is 5.67. The molecule has 2 N–H and O–H groups in total. The fraction of sp³-hybridized carbons (Fsp3) is 0.375.